The van der Waals surface area contributed by atoms with Crippen molar-refractivity contribution in [1.29, 1.82) is 0 Å². The van der Waals surface area contributed by atoms with Gasteiger partial charge in [-0.15, -0.1) is 0 Å². The van der Waals surface area contributed by atoms with Gasteiger partial charge >= 0.3 is 0 Å². The highest BCUT2D eigenvalue weighted by Gasteiger charge is 2.24. The Morgan fingerprint density at radius 2 is 2.14 bits per heavy atom. The molecule has 2 rings (SSSR count). The molecule has 4 heteroatoms. The number of ether oxygens (including phenoxy) is 1. The molecule has 0 aromatic heterocycles. The van der Waals surface area contributed by atoms with Gasteiger partial charge in [-0.3, -0.25) is 10.1 Å². The van der Waals surface area contributed by atoms with E-state index in [1.54, 1.807) is 0 Å². The van der Waals surface area contributed by atoms with Gasteiger partial charge in [-0.25, -0.2) is 0 Å². The summed E-state index contributed by atoms with van der Waals surface area (Å²) in [5.41, 5.74) is 1.09. The van der Waals surface area contributed by atoms with Gasteiger partial charge in [-0.05, 0) is 17.7 Å². The summed E-state index contributed by atoms with van der Waals surface area (Å²) in [6.07, 6.45) is 0.306. The first-order chi connectivity index (χ1) is 6.79. The fourth-order valence-corrected chi connectivity index (χ4v) is 1.71. The number of rotatable bonds is 2. The molecule has 0 saturated carbocycles. The highest BCUT2D eigenvalue weighted by atomic mass is 79.9. The first-order valence-corrected chi connectivity index (χ1v) is 5.18. The fourth-order valence-electron chi connectivity index (χ4n) is 1.45. The normalized spacial score (nSPS) is 26.4. The van der Waals surface area contributed by atoms with E-state index in [1.165, 1.54) is 0 Å². The first-order valence-electron chi connectivity index (χ1n) is 4.39. The van der Waals surface area contributed by atoms with Crippen molar-refractivity contribution in [3.8, 4) is 0 Å². The predicted molar refractivity (Wildman–Crippen MR) is 55.8 cm³/mol. The Morgan fingerprint density at radius 1 is 1.43 bits per heavy atom. The number of halogens is 1. The van der Waals surface area contributed by atoms with Gasteiger partial charge in [0.05, 0.1) is 6.10 Å². The minimum Gasteiger partial charge on any atom is -0.347 e. The number of benzene rings is 1. The third-order valence-electron chi connectivity index (χ3n) is 2.18. The van der Waals surface area contributed by atoms with Crippen LogP contribution in [-0.2, 0) is 9.53 Å². The molecular formula is C10H10BrNO2. The van der Waals surface area contributed by atoms with E-state index in [1.807, 2.05) is 24.3 Å². The minimum atomic E-state index is -0.455. The number of aldehydes is 1. The second-order valence-electron chi connectivity index (χ2n) is 3.14. The molecule has 0 spiro atoms. The lowest BCUT2D eigenvalue weighted by molar-refractivity contribution is -0.118. The predicted octanol–water partition coefficient (Wildman–Crippen LogP) is 1.63. The van der Waals surface area contributed by atoms with Crippen molar-refractivity contribution in [3.05, 3.63) is 34.3 Å². The van der Waals surface area contributed by atoms with Crippen molar-refractivity contribution in [2.24, 2.45) is 0 Å². The number of carbonyl (C=O) groups excluding carboxylic acids is 1. The molecule has 1 saturated heterocycles. The van der Waals surface area contributed by atoms with Crippen LogP contribution >= 0.6 is 15.9 Å². The second-order valence-corrected chi connectivity index (χ2v) is 4.06. The molecule has 1 fully saturated rings. The SMILES string of the molecule is O=CC1NCC(c2ccc(Br)cc2)O1. The molecule has 2 unspecified atom stereocenters. The Hall–Kier alpha value is -0.710. The second kappa shape index (κ2) is 4.21. The van der Waals surface area contributed by atoms with Crippen LogP contribution in [0.15, 0.2) is 28.7 Å². The maximum atomic E-state index is 10.4. The zero-order valence-electron chi connectivity index (χ0n) is 7.44. The van der Waals surface area contributed by atoms with E-state index in [9.17, 15) is 4.79 Å². The molecule has 3 nitrogen and oxygen atoms in total. The molecule has 0 aliphatic carbocycles. The summed E-state index contributed by atoms with van der Waals surface area (Å²) in [5.74, 6) is 0. The Morgan fingerprint density at radius 3 is 2.71 bits per heavy atom. The van der Waals surface area contributed by atoms with Crippen LogP contribution in [0, 0.1) is 0 Å². The van der Waals surface area contributed by atoms with Crippen molar-refractivity contribution in [3.63, 3.8) is 0 Å². The molecule has 2 atom stereocenters. The van der Waals surface area contributed by atoms with Gasteiger partial charge in [0.15, 0.2) is 12.5 Å². The van der Waals surface area contributed by atoms with Crippen molar-refractivity contribution >= 4 is 22.2 Å². The lowest BCUT2D eigenvalue weighted by Gasteiger charge is -2.09. The maximum Gasteiger partial charge on any atom is 0.165 e. The van der Waals surface area contributed by atoms with Gasteiger partial charge in [0, 0.05) is 11.0 Å². The van der Waals surface area contributed by atoms with Crippen molar-refractivity contribution in [2.45, 2.75) is 12.3 Å². The highest BCUT2D eigenvalue weighted by molar-refractivity contribution is 9.10. The van der Waals surface area contributed by atoms with Crippen LogP contribution in [0.5, 0.6) is 0 Å². The van der Waals surface area contributed by atoms with Gasteiger partial charge < -0.3 is 4.74 Å². The van der Waals surface area contributed by atoms with Crippen molar-refractivity contribution < 1.29 is 9.53 Å². The minimum absolute atomic E-state index is 0.0155. The van der Waals surface area contributed by atoms with Crippen LogP contribution < -0.4 is 5.32 Å². The van der Waals surface area contributed by atoms with Crippen LogP contribution in [-0.4, -0.2) is 19.1 Å². The van der Waals surface area contributed by atoms with Crippen LogP contribution in [0.2, 0.25) is 0 Å². The first kappa shape index (κ1) is 9.83. The molecule has 1 N–H and O–H groups in total. The van der Waals surface area contributed by atoms with Gasteiger partial charge in [0.1, 0.15) is 0 Å². The zero-order valence-corrected chi connectivity index (χ0v) is 9.03. The van der Waals surface area contributed by atoms with E-state index in [-0.39, 0.29) is 6.10 Å². The zero-order chi connectivity index (χ0) is 9.97. The van der Waals surface area contributed by atoms with Crippen LogP contribution in [0.1, 0.15) is 11.7 Å². The molecule has 0 radical (unpaired) electrons. The molecule has 14 heavy (non-hydrogen) atoms. The van der Waals surface area contributed by atoms with Gasteiger partial charge in [-0.2, -0.15) is 0 Å². The lowest BCUT2D eigenvalue weighted by Crippen LogP contribution is -2.23. The fraction of sp³-hybridized carbons (Fsp3) is 0.300. The Kier molecular flexibility index (Phi) is 2.96. The highest BCUT2D eigenvalue weighted by Crippen LogP contribution is 2.23. The third-order valence-corrected chi connectivity index (χ3v) is 2.71. The molecular weight excluding hydrogens is 246 g/mol. The van der Waals surface area contributed by atoms with Crippen LogP contribution in [0.3, 0.4) is 0 Å². The standard InChI is InChI=1S/C10H10BrNO2/c11-8-3-1-7(2-4-8)9-5-12-10(6-13)14-9/h1-4,6,9-10,12H,5H2. The van der Waals surface area contributed by atoms with E-state index < -0.39 is 6.23 Å². The molecule has 0 bridgehead atoms. The number of hydrogen-bond donors (Lipinski definition) is 1. The molecule has 1 heterocycles. The molecule has 1 aliphatic heterocycles. The summed E-state index contributed by atoms with van der Waals surface area (Å²) in [7, 11) is 0. The van der Waals surface area contributed by atoms with Gasteiger partial charge in [0.2, 0.25) is 0 Å². The molecule has 0 amide bonds. The van der Waals surface area contributed by atoms with E-state index in [2.05, 4.69) is 21.2 Å². The molecule has 1 aromatic rings. The smallest absolute Gasteiger partial charge is 0.165 e. The largest absolute Gasteiger partial charge is 0.347 e. The summed E-state index contributed by atoms with van der Waals surface area (Å²) in [6, 6.07) is 7.91. The summed E-state index contributed by atoms with van der Waals surface area (Å²) in [6.45, 7) is 0.686. The van der Waals surface area contributed by atoms with E-state index in [0.29, 0.717) is 6.54 Å². The van der Waals surface area contributed by atoms with Crippen LogP contribution in [0.4, 0.5) is 0 Å². The Bertz CT molecular complexity index is 325. The van der Waals surface area contributed by atoms with E-state index >= 15 is 0 Å². The molecule has 74 valence electrons. The number of hydrogen-bond acceptors (Lipinski definition) is 3. The number of nitrogens with one attached hydrogen (secondary N) is 1. The summed E-state index contributed by atoms with van der Waals surface area (Å²) in [5, 5.41) is 2.97. The summed E-state index contributed by atoms with van der Waals surface area (Å²) >= 11 is 3.37. The van der Waals surface area contributed by atoms with E-state index in [4.69, 9.17) is 4.74 Å². The summed E-state index contributed by atoms with van der Waals surface area (Å²) < 4.78 is 6.48. The van der Waals surface area contributed by atoms with Gasteiger partial charge in [0.25, 0.3) is 0 Å². The van der Waals surface area contributed by atoms with Crippen molar-refractivity contribution in [1.82, 2.24) is 5.32 Å². The Labute approximate surface area is 90.6 Å². The average Bonchev–Trinajstić information content (AvgIpc) is 2.67. The average molecular weight is 256 g/mol. The Balaban J connectivity index is 2.09. The molecule has 1 aliphatic rings. The van der Waals surface area contributed by atoms with Crippen LogP contribution in [0.25, 0.3) is 0 Å². The lowest BCUT2D eigenvalue weighted by atomic mass is 10.1. The molecule has 1 aromatic carbocycles. The number of carbonyl (C=O) groups is 1. The maximum absolute atomic E-state index is 10.4. The van der Waals surface area contributed by atoms with Gasteiger partial charge in [-0.1, -0.05) is 28.1 Å². The topological polar surface area (TPSA) is 38.3 Å². The van der Waals surface area contributed by atoms with Crippen molar-refractivity contribution in [2.75, 3.05) is 6.54 Å². The monoisotopic (exact) mass is 255 g/mol. The van der Waals surface area contributed by atoms with E-state index in [0.717, 1.165) is 16.3 Å². The quantitative estimate of drug-likeness (QED) is 0.817. The third kappa shape index (κ3) is 2.03. The summed E-state index contributed by atoms with van der Waals surface area (Å²) in [4.78, 5) is 10.4.